The Balaban J connectivity index is 1.32. The van der Waals surface area contributed by atoms with Crippen LogP contribution in [0.3, 0.4) is 0 Å². The molecule has 1 spiro atoms. The average molecular weight is 455 g/mol. The summed E-state index contributed by atoms with van der Waals surface area (Å²) >= 11 is 0. The van der Waals surface area contributed by atoms with Crippen molar-refractivity contribution in [1.29, 1.82) is 0 Å². The van der Waals surface area contributed by atoms with E-state index < -0.39 is 0 Å². The van der Waals surface area contributed by atoms with Crippen LogP contribution in [0.1, 0.15) is 17.7 Å². The van der Waals surface area contributed by atoms with E-state index in [2.05, 4.69) is 20.2 Å². The molecular formula is C25H22FN7O. The first kappa shape index (κ1) is 19.6. The second-order valence-corrected chi connectivity index (χ2v) is 9.40. The number of fused-ring (bicyclic) bond motifs is 4. The molecule has 1 unspecified atom stereocenters. The molecule has 1 atom stereocenters. The fourth-order valence-electron chi connectivity index (χ4n) is 5.29. The topological polar surface area (TPSA) is 102 Å². The summed E-state index contributed by atoms with van der Waals surface area (Å²) in [5, 5.41) is 3.12. The standard InChI is InChI=1S/C25H22FN7O/c1-28-18-6-13(26)5-16-15(18)8-20-22(16)23(33-11-25(12-33)9-21(25)27)32-24(31-20)34-14-7-19-17(30-10-14)3-2-4-29-19/h2-7,10,21,28H,8-9,11-12,27H2,1H3. The predicted octanol–water partition coefficient (Wildman–Crippen LogP) is 3.50. The molecular weight excluding hydrogens is 433 g/mol. The molecule has 1 aliphatic heterocycles. The van der Waals surface area contributed by atoms with Gasteiger partial charge in [0, 0.05) is 61.5 Å². The van der Waals surface area contributed by atoms with Crippen molar-refractivity contribution >= 4 is 22.5 Å². The molecule has 1 saturated heterocycles. The van der Waals surface area contributed by atoms with E-state index in [9.17, 15) is 4.39 Å². The van der Waals surface area contributed by atoms with Crippen LogP contribution in [0.4, 0.5) is 15.9 Å². The zero-order valence-electron chi connectivity index (χ0n) is 18.5. The zero-order chi connectivity index (χ0) is 23.0. The molecule has 1 aromatic carbocycles. The van der Waals surface area contributed by atoms with Gasteiger partial charge in [0.05, 0.1) is 22.9 Å². The summed E-state index contributed by atoms with van der Waals surface area (Å²) in [4.78, 5) is 20.5. The maximum absolute atomic E-state index is 14.5. The highest BCUT2D eigenvalue weighted by atomic mass is 19.1. The number of nitrogens with two attached hydrogens (primary N) is 1. The second kappa shape index (κ2) is 6.83. The fraction of sp³-hybridized carbons (Fsp3) is 0.280. The van der Waals surface area contributed by atoms with Gasteiger partial charge in [-0.1, -0.05) is 0 Å². The molecule has 0 amide bonds. The fourth-order valence-corrected chi connectivity index (χ4v) is 5.29. The maximum Gasteiger partial charge on any atom is 0.324 e. The van der Waals surface area contributed by atoms with Crippen molar-refractivity contribution in [3.63, 3.8) is 0 Å². The molecule has 3 aliphatic rings. The molecule has 3 aromatic heterocycles. The molecule has 34 heavy (non-hydrogen) atoms. The molecule has 4 heterocycles. The Hall–Kier alpha value is -3.85. The zero-order valence-corrected chi connectivity index (χ0v) is 18.5. The molecule has 8 nitrogen and oxygen atoms in total. The Morgan fingerprint density at radius 3 is 2.82 bits per heavy atom. The maximum atomic E-state index is 14.5. The molecule has 2 aliphatic carbocycles. The number of hydrogen-bond acceptors (Lipinski definition) is 8. The first-order valence-corrected chi connectivity index (χ1v) is 11.3. The summed E-state index contributed by atoms with van der Waals surface area (Å²) in [6, 6.07) is 9.14. The van der Waals surface area contributed by atoms with Gasteiger partial charge in [0.1, 0.15) is 11.6 Å². The van der Waals surface area contributed by atoms with Gasteiger partial charge in [-0.15, -0.1) is 0 Å². The highest BCUT2D eigenvalue weighted by molar-refractivity contribution is 5.88. The van der Waals surface area contributed by atoms with Gasteiger partial charge in [-0.25, -0.2) is 4.39 Å². The Kier molecular flexibility index (Phi) is 3.94. The van der Waals surface area contributed by atoms with E-state index in [1.165, 1.54) is 6.07 Å². The summed E-state index contributed by atoms with van der Waals surface area (Å²) < 4.78 is 20.5. The third-order valence-electron chi connectivity index (χ3n) is 7.24. The van der Waals surface area contributed by atoms with E-state index >= 15 is 0 Å². The lowest BCUT2D eigenvalue weighted by Crippen LogP contribution is -2.52. The van der Waals surface area contributed by atoms with Crippen molar-refractivity contribution in [1.82, 2.24) is 19.9 Å². The first-order chi connectivity index (χ1) is 16.5. The number of hydrogen-bond donors (Lipinski definition) is 2. The lowest BCUT2D eigenvalue weighted by molar-refractivity contribution is 0.367. The lowest BCUT2D eigenvalue weighted by atomic mass is 9.94. The third kappa shape index (κ3) is 2.86. The Morgan fingerprint density at radius 1 is 1.18 bits per heavy atom. The van der Waals surface area contributed by atoms with Gasteiger partial charge >= 0.3 is 6.01 Å². The Labute approximate surface area is 195 Å². The van der Waals surface area contributed by atoms with E-state index in [4.69, 9.17) is 20.4 Å². The minimum atomic E-state index is -0.291. The highest BCUT2D eigenvalue weighted by Gasteiger charge is 2.60. The van der Waals surface area contributed by atoms with Crippen molar-refractivity contribution in [2.24, 2.45) is 11.1 Å². The molecule has 0 bridgehead atoms. The van der Waals surface area contributed by atoms with E-state index in [-0.39, 0.29) is 23.3 Å². The van der Waals surface area contributed by atoms with Gasteiger partial charge in [-0.3, -0.25) is 9.97 Å². The van der Waals surface area contributed by atoms with Crippen LogP contribution in [0.25, 0.3) is 22.2 Å². The summed E-state index contributed by atoms with van der Waals surface area (Å²) in [5.74, 6) is 0.989. The van der Waals surface area contributed by atoms with Crippen molar-refractivity contribution < 1.29 is 9.13 Å². The molecule has 4 aromatic rings. The number of halogens is 1. The quantitative estimate of drug-likeness (QED) is 0.425. The van der Waals surface area contributed by atoms with Gasteiger partial charge in [0.2, 0.25) is 0 Å². The largest absolute Gasteiger partial charge is 0.423 e. The summed E-state index contributed by atoms with van der Waals surface area (Å²) in [6.45, 7) is 1.67. The molecule has 170 valence electrons. The minimum Gasteiger partial charge on any atom is -0.423 e. The van der Waals surface area contributed by atoms with Crippen LogP contribution in [-0.4, -0.2) is 46.1 Å². The number of nitrogens with one attached hydrogen (secondary N) is 1. The van der Waals surface area contributed by atoms with Crippen LogP contribution in [0.2, 0.25) is 0 Å². The number of aromatic nitrogens is 4. The van der Waals surface area contributed by atoms with Crippen LogP contribution >= 0.6 is 0 Å². The van der Waals surface area contributed by atoms with Crippen molar-refractivity contribution in [2.75, 3.05) is 30.4 Å². The van der Waals surface area contributed by atoms with Crippen molar-refractivity contribution in [2.45, 2.75) is 18.9 Å². The number of ether oxygens (including phenoxy) is 1. The molecule has 1 saturated carbocycles. The van der Waals surface area contributed by atoms with Crippen LogP contribution in [0, 0.1) is 11.2 Å². The lowest BCUT2D eigenvalue weighted by Gasteiger charge is -2.42. The van der Waals surface area contributed by atoms with E-state index in [0.717, 1.165) is 64.4 Å². The van der Waals surface area contributed by atoms with E-state index in [1.807, 2.05) is 18.2 Å². The predicted molar refractivity (Wildman–Crippen MR) is 127 cm³/mol. The van der Waals surface area contributed by atoms with Gasteiger partial charge in [-0.05, 0) is 41.8 Å². The second-order valence-electron chi connectivity index (χ2n) is 9.40. The van der Waals surface area contributed by atoms with Crippen molar-refractivity contribution in [3.8, 4) is 22.9 Å². The average Bonchev–Trinajstić information content (AvgIpc) is 3.36. The van der Waals surface area contributed by atoms with Crippen LogP contribution in [0.5, 0.6) is 11.8 Å². The van der Waals surface area contributed by atoms with Crippen LogP contribution in [-0.2, 0) is 6.42 Å². The van der Waals surface area contributed by atoms with E-state index in [1.54, 1.807) is 25.5 Å². The summed E-state index contributed by atoms with van der Waals surface area (Å²) in [7, 11) is 1.80. The third-order valence-corrected chi connectivity index (χ3v) is 7.24. The van der Waals surface area contributed by atoms with Crippen molar-refractivity contribution in [3.05, 3.63) is 59.8 Å². The molecule has 9 heteroatoms. The van der Waals surface area contributed by atoms with Crippen LogP contribution < -0.4 is 20.7 Å². The summed E-state index contributed by atoms with van der Waals surface area (Å²) in [5.41, 5.74) is 12.2. The molecule has 2 fully saturated rings. The van der Waals surface area contributed by atoms with E-state index in [0.29, 0.717) is 12.2 Å². The normalized spacial score (nSPS) is 19.0. The summed E-state index contributed by atoms with van der Waals surface area (Å²) in [6.07, 6.45) is 4.97. The number of pyridine rings is 2. The monoisotopic (exact) mass is 455 g/mol. The number of benzene rings is 1. The molecule has 7 rings (SSSR count). The first-order valence-electron chi connectivity index (χ1n) is 11.3. The number of rotatable bonds is 4. The highest BCUT2D eigenvalue weighted by Crippen LogP contribution is 2.55. The minimum absolute atomic E-state index is 0.187. The van der Waals surface area contributed by atoms with Gasteiger partial charge in [0.15, 0.2) is 5.75 Å². The molecule has 0 radical (unpaired) electrons. The Bertz CT molecular complexity index is 1480. The SMILES string of the molecule is CNc1cc(F)cc2c1Cc1nc(Oc3cnc4cccnc4c3)nc(N3CC4(CC4N)C3)c1-2. The smallest absolute Gasteiger partial charge is 0.324 e. The van der Waals surface area contributed by atoms with Gasteiger partial charge in [-0.2, -0.15) is 9.97 Å². The Morgan fingerprint density at radius 2 is 2.03 bits per heavy atom. The number of nitrogens with zero attached hydrogens (tertiary/aromatic N) is 5. The van der Waals surface area contributed by atoms with Gasteiger partial charge < -0.3 is 20.7 Å². The number of anilines is 2. The molecule has 3 N–H and O–H groups in total. The van der Waals surface area contributed by atoms with Crippen LogP contribution in [0.15, 0.2) is 42.7 Å². The van der Waals surface area contributed by atoms with Gasteiger partial charge in [0.25, 0.3) is 0 Å².